The Bertz CT molecular complexity index is 266. The minimum Gasteiger partial charge on any atom is -0.288 e. The van der Waals surface area contributed by atoms with Gasteiger partial charge in [-0.1, -0.05) is 0 Å². The van der Waals surface area contributed by atoms with Crippen LogP contribution in [0.2, 0.25) is 0 Å². The molecule has 1 N–H and O–H groups in total. The summed E-state index contributed by atoms with van der Waals surface area (Å²) in [5, 5.41) is 7.02. The van der Waals surface area contributed by atoms with Crippen LogP contribution in [0.25, 0.3) is 0 Å². The van der Waals surface area contributed by atoms with Gasteiger partial charge in [0.2, 0.25) is 5.82 Å². The summed E-state index contributed by atoms with van der Waals surface area (Å²) in [5.41, 5.74) is 0. The summed E-state index contributed by atoms with van der Waals surface area (Å²) in [6.45, 7) is 7.65. The Hall–Kier alpha value is -0.900. The van der Waals surface area contributed by atoms with Crippen LogP contribution in [0.4, 0.5) is 0 Å². The van der Waals surface area contributed by atoms with Crippen LogP contribution < -0.4 is 4.57 Å². The Balaban J connectivity index is 2.15. The molecule has 1 aromatic heterocycles. The van der Waals surface area contributed by atoms with Crippen LogP contribution >= 0.6 is 0 Å². The van der Waals surface area contributed by atoms with E-state index in [9.17, 15) is 0 Å². The Labute approximate surface area is 72.2 Å². The molecule has 0 spiro atoms. The average Bonchev–Trinajstić information content (AvgIpc) is 2.49. The van der Waals surface area contributed by atoms with Crippen molar-refractivity contribution in [3.63, 3.8) is 0 Å². The Morgan fingerprint density at radius 2 is 2.50 bits per heavy atom. The molecular weight excluding hydrogens is 152 g/mol. The third-order valence-electron chi connectivity index (χ3n) is 2.45. The van der Waals surface area contributed by atoms with Gasteiger partial charge in [0.25, 0.3) is 6.33 Å². The molecule has 4 nitrogen and oxygen atoms in total. The molecule has 2 heterocycles. The molecule has 0 aliphatic carbocycles. The van der Waals surface area contributed by atoms with Crippen molar-refractivity contribution in [2.24, 2.45) is 0 Å². The van der Waals surface area contributed by atoms with Gasteiger partial charge in [-0.25, -0.2) is 4.57 Å². The van der Waals surface area contributed by atoms with Crippen LogP contribution in [0.15, 0.2) is 6.33 Å². The zero-order valence-corrected chi connectivity index (χ0v) is 7.62. The van der Waals surface area contributed by atoms with Gasteiger partial charge in [0.1, 0.15) is 0 Å². The zero-order chi connectivity index (χ0) is 8.55. The number of aromatic amines is 1. The number of hydrogen-bond donors (Lipinski definition) is 1. The normalized spacial score (nSPS) is 18.2. The van der Waals surface area contributed by atoms with Crippen molar-refractivity contribution < 1.29 is 4.57 Å². The van der Waals surface area contributed by atoms with E-state index in [1.54, 1.807) is 0 Å². The molecule has 0 saturated heterocycles. The largest absolute Gasteiger partial charge is 0.288 e. The number of nitrogens with zero attached hydrogens (tertiary/aromatic N) is 3. The maximum absolute atomic E-state index is 4.01. The number of nitrogens with one attached hydrogen (secondary N) is 1. The summed E-state index contributed by atoms with van der Waals surface area (Å²) in [6.07, 6.45) is 1.87. The van der Waals surface area contributed by atoms with Gasteiger partial charge >= 0.3 is 0 Å². The number of rotatable bonds is 1. The lowest BCUT2D eigenvalue weighted by atomic mass is 10.2. The highest BCUT2D eigenvalue weighted by Gasteiger charge is 2.22. The van der Waals surface area contributed by atoms with Gasteiger partial charge in [-0.15, -0.1) is 5.10 Å². The first-order valence-corrected chi connectivity index (χ1v) is 4.43. The molecule has 0 radical (unpaired) electrons. The van der Waals surface area contributed by atoms with Crippen LogP contribution in [0.1, 0.15) is 19.7 Å². The van der Waals surface area contributed by atoms with E-state index in [4.69, 9.17) is 0 Å². The minimum absolute atomic E-state index is 0.627. The highest BCUT2D eigenvalue weighted by atomic mass is 15.3. The Morgan fingerprint density at radius 1 is 1.67 bits per heavy atom. The predicted molar refractivity (Wildman–Crippen MR) is 44.3 cm³/mol. The fraction of sp³-hybridized carbons (Fsp3) is 0.750. The van der Waals surface area contributed by atoms with Gasteiger partial charge in [-0.2, -0.15) is 0 Å². The van der Waals surface area contributed by atoms with Gasteiger partial charge in [0, 0.05) is 17.7 Å². The van der Waals surface area contributed by atoms with Gasteiger partial charge in [0.15, 0.2) is 0 Å². The van der Waals surface area contributed by atoms with Gasteiger partial charge < -0.3 is 0 Å². The van der Waals surface area contributed by atoms with E-state index >= 15 is 0 Å². The molecule has 2 rings (SSSR count). The maximum Gasteiger partial charge on any atom is 0.265 e. The molecule has 1 aliphatic rings. The Morgan fingerprint density at radius 3 is 3.25 bits per heavy atom. The van der Waals surface area contributed by atoms with Crippen LogP contribution in [0.3, 0.4) is 0 Å². The van der Waals surface area contributed by atoms with Crippen molar-refractivity contribution in [2.75, 3.05) is 6.54 Å². The lowest BCUT2D eigenvalue weighted by Crippen LogP contribution is -2.50. The minimum atomic E-state index is 0.627. The monoisotopic (exact) mass is 167 g/mol. The smallest absolute Gasteiger partial charge is 0.265 e. The van der Waals surface area contributed by atoms with Gasteiger partial charge in [-0.05, 0) is 13.8 Å². The highest BCUT2D eigenvalue weighted by Crippen LogP contribution is 2.05. The first kappa shape index (κ1) is 7.73. The molecule has 12 heavy (non-hydrogen) atoms. The molecule has 1 aromatic rings. The Kier molecular flexibility index (Phi) is 1.84. The summed E-state index contributed by atoms with van der Waals surface area (Å²) in [7, 11) is 0. The fourth-order valence-corrected chi connectivity index (χ4v) is 1.57. The van der Waals surface area contributed by atoms with Gasteiger partial charge in [0.05, 0.1) is 13.1 Å². The number of hydrogen-bond acceptors (Lipinski definition) is 2. The molecule has 1 aliphatic heterocycles. The molecule has 0 saturated carbocycles. The van der Waals surface area contributed by atoms with E-state index in [2.05, 4.69) is 33.5 Å². The molecule has 0 atom stereocenters. The SMILES string of the molecule is CC(C)N1CC[n+]2cn[nH]c2C1. The van der Waals surface area contributed by atoms with E-state index < -0.39 is 0 Å². The number of aromatic nitrogens is 3. The number of fused-ring (bicyclic) bond motifs is 1. The van der Waals surface area contributed by atoms with Crippen molar-refractivity contribution in [1.82, 2.24) is 15.1 Å². The zero-order valence-electron chi connectivity index (χ0n) is 7.62. The lowest BCUT2D eigenvalue weighted by molar-refractivity contribution is -0.712. The van der Waals surface area contributed by atoms with E-state index in [0.29, 0.717) is 6.04 Å². The summed E-state index contributed by atoms with van der Waals surface area (Å²) in [4.78, 5) is 2.44. The van der Waals surface area contributed by atoms with E-state index in [1.807, 2.05) is 6.33 Å². The first-order chi connectivity index (χ1) is 5.77. The molecule has 0 fully saturated rings. The first-order valence-electron chi connectivity index (χ1n) is 4.43. The molecular formula is C8H15N4+. The summed E-state index contributed by atoms with van der Waals surface area (Å²) < 4.78 is 2.18. The molecule has 66 valence electrons. The second-order valence-electron chi connectivity index (χ2n) is 3.56. The third kappa shape index (κ3) is 1.22. The van der Waals surface area contributed by atoms with Crippen molar-refractivity contribution in [3.8, 4) is 0 Å². The molecule has 0 bridgehead atoms. The summed E-state index contributed by atoms with van der Waals surface area (Å²) in [6, 6.07) is 0.627. The number of H-pyrrole nitrogens is 1. The van der Waals surface area contributed by atoms with Crippen LogP contribution in [-0.4, -0.2) is 27.7 Å². The third-order valence-corrected chi connectivity index (χ3v) is 2.45. The second-order valence-corrected chi connectivity index (χ2v) is 3.56. The average molecular weight is 167 g/mol. The molecule has 0 aromatic carbocycles. The van der Waals surface area contributed by atoms with Crippen LogP contribution in [0.5, 0.6) is 0 Å². The fourth-order valence-electron chi connectivity index (χ4n) is 1.57. The van der Waals surface area contributed by atoms with E-state index in [1.165, 1.54) is 5.82 Å². The topological polar surface area (TPSA) is 35.8 Å². The molecule has 0 unspecified atom stereocenters. The van der Waals surface area contributed by atoms with Crippen molar-refractivity contribution in [1.29, 1.82) is 0 Å². The quantitative estimate of drug-likeness (QED) is 0.594. The van der Waals surface area contributed by atoms with Crippen molar-refractivity contribution in [3.05, 3.63) is 12.2 Å². The standard InChI is InChI=1S/C8H14N4/c1-7(2)11-3-4-12-6-9-10-8(12)5-11/h6-7H,3-5H2,1-2H3/p+1. The summed E-state index contributed by atoms with van der Waals surface area (Å²) in [5.74, 6) is 1.22. The molecule has 0 amide bonds. The van der Waals surface area contributed by atoms with Crippen LogP contribution in [-0.2, 0) is 13.1 Å². The second kappa shape index (κ2) is 2.86. The highest BCUT2D eigenvalue weighted by molar-refractivity contribution is 4.76. The van der Waals surface area contributed by atoms with Crippen LogP contribution in [0, 0.1) is 0 Å². The van der Waals surface area contributed by atoms with Crippen molar-refractivity contribution in [2.45, 2.75) is 33.0 Å². The van der Waals surface area contributed by atoms with Gasteiger partial charge in [-0.3, -0.25) is 4.90 Å². The predicted octanol–water partition coefficient (Wildman–Crippen LogP) is -0.0788. The molecule has 4 heteroatoms. The van der Waals surface area contributed by atoms with E-state index in [-0.39, 0.29) is 0 Å². The van der Waals surface area contributed by atoms with Crippen molar-refractivity contribution >= 4 is 0 Å². The maximum atomic E-state index is 4.01. The lowest BCUT2D eigenvalue weighted by Gasteiger charge is -2.27. The summed E-state index contributed by atoms with van der Waals surface area (Å²) >= 11 is 0. The van der Waals surface area contributed by atoms with E-state index in [0.717, 1.165) is 19.6 Å².